The molecule has 0 saturated heterocycles. The van der Waals surface area contributed by atoms with E-state index in [9.17, 15) is 0 Å². The highest BCUT2D eigenvalue weighted by Crippen LogP contribution is 2.30. The zero-order valence-corrected chi connectivity index (χ0v) is 11.8. The lowest BCUT2D eigenvalue weighted by Gasteiger charge is -2.08. The Kier molecular flexibility index (Phi) is 4.26. The van der Waals surface area contributed by atoms with Crippen LogP contribution in [0.15, 0.2) is 46.3 Å². The molecule has 0 bridgehead atoms. The Morgan fingerprint density at radius 2 is 2.00 bits per heavy atom. The van der Waals surface area contributed by atoms with E-state index < -0.39 is 0 Å². The van der Waals surface area contributed by atoms with Crippen LogP contribution in [-0.4, -0.2) is 11.5 Å². The maximum Gasteiger partial charge on any atom is 0.127 e. The van der Waals surface area contributed by atoms with Gasteiger partial charge in [0.15, 0.2) is 0 Å². The molecule has 1 aromatic carbocycles. The number of anilines is 1. The van der Waals surface area contributed by atoms with Crippen molar-refractivity contribution in [1.29, 1.82) is 0 Å². The van der Waals surface area contributed by atoms with E-state index >= 15 is 0 Å². The monoisotopic (exact) mass is 258 g/mol. The van der Waals surface area contributed by atoms with Crippen molar-refractivity contribution in [3.63, 3.8) is 0 Å². The molecular weight excluding hydrogens is 240 g/mol. The molecule has 2 aromatic rings. The Balaban J connectivity index is 2.22. The van der Waals surface area contributed by atoms with E-state index in [4.69, 9.17) is 0 Å². The quantitative estimate of drug-likeness (QED) is 0.886. The number of nitrogens with zero attached hydrogens (tertiary/aromatic N) is 1. The fourth-order valence-corrected chi connectivity index (χ4v) is 2.67. The fourth-order valence-electron chi connectivity index (χ4n) is 1.68. The van der Waals surface area contributed by atoms with Crippen molar-refractivity contribution in [2.45, 2.75) is 30.7 Å². The summed E-state index contributed by atoms with van der Waals surface area (Å²) in [6.45, 7) is 7.22. The second-order valence-corrected chi connectivity index (χ2v) is 5.32. The van der Waals surface area contributed by atoms with Crippen LogP contribution in [0.25, 0.3) is 0 Å². The lowest BCUT2D eigenvalue weighted by Crippen LogP contribution is -1.99. The van der Waals surface area contributed by atoms with Gasteiger partial charge in [0.2, 0.25) is 0 Å². The van der Waals surface area contributed by atoms with E-state index in [2.05, 4.69) is 49.3 Å². The lowest BCUT2D eigenvalue weighted by molar-refractivity contribution is 1.08. The number of pyridine rings is 1. The Hall–Kier alpha value is -1.48. The van der Waals surface area contributed by atoms with Gasteiger partial charge in [-0.25, -0.2) is 4.98 Å². The minimum Gasteiger partial charge on any atom is -0.370 e. The highest BCUT2D eigenvalue weighted by atomic mass is 32.2. The summed E-state index contributed by atoms with van der Waals surface area (Å²) in [6, 6.07) is 12.6. The van der Waals surface area contributed by atoms with Gasteiger partial charge in [0, 0.05) is 11.4 Å². The third kappa shape index (κ3) is 3.26. The Morgan fingerprint density at radius 1 is 1.17 bits per heavy atom. The van der Waals surface area contributed by atoms with E-state index in [1.54, 1.807) is 11.8 Å². The van der Waals surface area contributed by atoms with E-state index in [0.29, 0.717) is 0 Å². The van der Waals surface area contributed by atoms with Gasteiger partial charge >= 0.3 is 0 Å². The molecule has 0 unspecified atom stereocenters. The van der Waals surface area contributed by atoms with Gasteiger partial charge in [-0.1, -0.05) is 30.0 Å². The van der Waals surface area contributed by atoms with Gasteiger partial charge in [0.1, 0.15) is 10.8 Å². The van der Waals surface area contributed by atoms with Crippen LogP contribution < -0.4 is 5.32 Å². The second-order valence-electron chi connectivity index (χ2n) is 4.26. The molecule has 0 spiro atoms. The summed E-state index contributed by atoms with van der Waals surface area (Å²) >= 11 is 1.72. The largest absolute Gasteiger partial charge is 0.370 e. The molecule has 0 aliphatic heterocycles. The number of benzene rings is 1. The van der Waals surface area contributed by atoms with Crippen LogP contribution in [0.3, 0.4) is 0 Å². The van der Waals surface area contributed by atoms with E-state index in [0.717, 1.165) is 17.4 Å². The molecule has 0 saturated carbocycles. The second kappa shape index (κ2) is 5.91. The molecule has 0 atom stereocenters. The van der Waals surface area contributed by atoms with Crippen LogP contribution in [0.4, 0.5) is 5.82 Å². The molecule has 1 N–H and O–H groups in total. The SMILES string of the molecule is CCNc1cccc(Sc2cc(C)ccc2C)n1. The average Bonchev–Trinajstić information content (AvgIpc) is 2.35. The molecule has 3 heteroatoms. The van der Waals surface area contributed by atoms with Crippen LogP contribution in [-0.2, 0) is 0 Å². The van der Waals surface area contributed by atoms with Crippen molar-refractivity contribution in [3.8, 4) is 0 Å². The third-order valence-corrected chi connectivity index (χ3v) is 3.74. The standard InChI is InChI=1S/C15H18N2S/c1-4-16-14-6-5-7-15(17-14)18-13-10-11(2)8-9-12(13)3/h5-10H,4H2,1-3H3,(H,16,17). The highest BCUT2D eigenvalue weighted by Gasteiger charge is 2.03. The van der Waals surface area contributed by atoms with Crippen LogP contribution in [0.1, 0.15) is 18.1 Å². The predicted octanol–water partition coefficient (Wildman–Crippen LogP) is 4.28. The minimum absolute atomic E-state index is 0.893. The average molecular weight is 258 g/mol. The van der Waals surface area contributed by atoms with Gasteiger partial charge < -0.3 is 5.32 Å². The van der Waals surface area contributed by atoms with E-state index in [1.807, 2.05) is 18.2 Å². The smallest absolute Gasteiger partial charge is 0.127 e. The molecule has 2 nitrogen and oxygen atoms in total. The molecule has 0 radical (unpaired) electrons. The van der Waals surface area contributed by atoms with Gasteiger partial charge in [0.25, 0.3) is 0 Å². The third-order valence-electron chi connectivity index (χ3n) is 2.64. The summed E-state index contributed by atoms with van der Waals surface area (Å²) in [7, 11) is 0. The van der Waals surface area contributed by atoms with Gasteiger partial charge in [0.05, 0.1) is 0 Å². The molecule has 2 rings (SSSR count). The zero-order chi connectivity index (χ0) is 13.0. The fraction of sp³-hybridized carbons (Fsp3) is 0.267. The minimum atomic E-state index is 0.893. The first-order chi connectivity index (χ1) is 8.69. The van der Waals surface area contributed by atoms with Crippen LogP contribution in [0.5, 0.6) is 0 Å². The molecule has 0 amide bonds. The summed E-state index contributed by atoms with van der Waals surface area (Å²) in [6.07, 6.45) is 0. The summed E-state index contributed by atoms with van der Waals surface area (Å²) < 4.78 is 0. The summed E-state index contributed by atoms with van der Waals surface area (Å²) in [5.74, 6) is 0.938. The first-order valence-electron chi connectivity index (χ1n) is 6.15. The van der Waals surface area contributed by atoms with Crippen molar-refractivity contribution in [3.05, 3.63) is 47.5 Å². The number of hydrogen-bond acceptors (Lipinski definition) is 3. The summed E-state index contributed by atoms with van der Waals surface area (Å²) in [5.41, 5.74) is 2.58. The topological polar surface area (TPSA) is 24.9 Å². The molecular formula is C15H18N2S. The Bertz CT molecular complexity index is 538. The molecule has 0 aliphatic carbocycles. The van der Waals surface area contributed by atoms with Crippen molar-refractivity contribution >= 4 is 17.6 Å². The van der Waals surface area contributed by atoms with Crippen LogP contribution in [0, 0.1) is 13.8 Å². The maximum atomic E-state index is 4.58. The summed E-state index contributed by atoms with van der Waals surface area (Å²) in [5, 5.41) is 4.27. The van der Waals surface area contributed by atoms with Crippen LogP contribution >= 0.6 is 11.8 Å². The van der Waals surface area contributed by atoms with E-state index in [-0.39, 0.29) is 0 Å². The van der Waals surface area contributed by atoms with Gasteiger partial charge in [-0.05, 0) is 50.1 Å². The number of aromatic nitrogens is 1. The number of aryl methyl sites for hydroxylation is 2. The number of hydrogen-bond donors (Lipinski definition) is 1. The first-order valence-corrected chi connectivity index (χ1v) is 6.96. The number of rotatable bonds is 4. The van der Waals surface area contributed by atoms with Gasteiger partial charge in [-0.15, -0.1) is 0 Å². The maximum absolute atomic E-state index is 4.58. The van der Waals surface area contributed by atoms with Crippen molar-refractivity contribution in [1.82, 2.24) is 4.98 Å². The summed E-state index contributed by atoms with van der Waals surface area (Å²) in [4.78, 5) is 5.85. The highest BCUT2D eigenvalue weighted by molar-refractivity contribution is 7.99. The molecule has 0 aliphatic rings. The predicted molar refractivity (Wildman–Crippen MR) is 78.4 cm³/mol. The van der Waals surface area contributed by atoms with Gasteiger partial charge in [-0.3, -0.25) is 0 Å². The van der Waals surface area contributed by atoms with Gasteiger partial charge in [-0.2, -0.15) is 0 Å². The van der Waals surface area contributed by atoms with Crippen molar-refractivity contribution < 1.29 is 0 Å². The lowest BCUT2D eigenvalue weighted by atomic mass is 10.2. The van der Waals surface area contributed by atoms with Crippen molar-refractivity contribution in [2.24, 2.45) is 0 Å². The molecule has 1 heterocycles. The van der Waals surface area contributed by atoms with E-state index in [1.165, 1.54) is 16.0 Å². The molecule has 18 heavy (non-hydrogen) atoms. The molecule has 1 aromatic heterocycles. The Morgan fingerprint density at radius 3 is 2.78 bits per heavy atom. The molecule has 0 fully saturated rings. The first kappa shape index (κ1) is 13.0. The zero-order valence-electron chi connectivity index (χ0n) is 11.0. The Labute approximate surface area is 113 Å². The van der Waals surface area contributed by atoms with Crippen LogP contribution in [0.2, 0.25) is 0 Å². The van der Waals surface area contributed by atoms with Crippen molar-refractivity contribution in [2.75, 3.05) is 11.9 Å². The normalized spacial score (nSPS) is 10.4. The molecule has 94 valence electrons. The number of nitrogens with one attached hydrogen (secondary N) is 1.